The van der Waals surface area contributed by atoms with Gasteiger partial charge in [-0.25, -0.2) is 0 Å². The zero-order valence-corrected chi connectivity index (χ0v) is 16.8. The summed E-state index contributed by atoms with van der Waals surface area (Å²) in [5, 5.41) is 3.98. The van der Waals surface area contributed by atoms with Gasteiger partial charge < -0.3 is 20.7 Å². The van der Waals surface area contributed by atoms with Gasteiger partial charge in [-0.2, -0.15) is 0 Å². The Bertz CT molecular complexity index is 832. The number of hydrogen-bond acceptors (Lipinski definition) is 4. The number of carbonyl (C=O) groups is 2. The first-order valence-corrected chi connectivity index (χ1v) is 9.21. The number of halogens is 2. The molecule has 2 amide bonds. The maximum Gasteiger partial charge on any atom is 0.248 e. The molecule has 1 atom stereocenters. The Morgan fingerprint density at radius 3 is 2.75 bits per heavy atom. The summed E-state index contributed by atoms with van der Waals surface area (Å²) in [6.45, 7) is 2.30. The molecule has 1 unspecified atom stereocenters. The highest BCUT2D eigenvalue weighted by Gasteiger charge is 2.27. The van der Waals surface area contributed by atoms with Gasteiger partial charge in [-0.15, -0.1) is 12.4 Å². The van der Waals surface area contributed by atoms with Crippen LogP contribution in [0, 0.1) is 0 Å². The van der Waals surface area contributed by atoms with Crippen LogP contribution >= 0.6 is 24.0 Å². The van der Waals surface area contributed by atoms with E-state index in [1.54, 1.807) is 24.3 Å². The van der Waals surface area contributed by atoms with Crippen LogP contribution in [0.2, 0.25) is 5.02 Å². The Hall–Kier alpha value is -2.28. The number of primary amides is 1. The zero-order chi connectivity index (χ0) is 19.2. The van der Waals surface area contributed by atoms with Crippen LogP contribution in [0.5, 0.6) is 5.75 Å². The van der Waals surface area contributed by atoms with E-state index in [-0.39, 0.29) is 37.4 Å². The van der Waals surface area contributed by atoms with Crippen LogP contribution in [0.3, 0.4) is 0 Å². The second kappa shape index (κ2) is 10.3. The number of hydrogen-bond donors (Lipinski definition) is 2. The molecule has 150 valence electrons. The second-order valence-electron chi connectivity index (χ2n) is 6.35. The fraction of sp³-hybridized carbons (Fsp3) is 0.300. The predicted octanol–water partition coefficient (Wildman–Crippen LogP) is 2.80. The molecule has 1 heterocycles. The Balaban J connectivity index is 0.00000280. The molecule has 8 heteroatoms. The van der Waals surface area contributed by atoms with Crippen LogP contribution in [0.1, 0.15) is 28.4 Å². The van der Waals surface area contributed by atoms with E-state index in [9.17, 15) is 9.59 Å². The molecule has 2 aromatic rings. The molecule has 28 heavy (non-hydrogen) atoms. The topological polar surface area (TPSA) is 84.7 Å². The number of ether oxygens (including phenoxy) is 1. The number of rotatable bonds is 6. The Kier molecular flexibility index (Phi) is 8.11. The van der Waals surface area contributed by atoms with Crippen molar-refractivity contribution in [2.24, 2.45) is 5.73 Å². The van der Waals surface area contributed by atoms with Gasteiger partial charge in [-0.3, -0.25) is 9.59 Å². The molecule has 3 N–H and O–H groups in total. The number of benzene rings is 2. The summed E-state index contributed by atoms with van der Waals surface area (Å²) in [5.41, 5.74) is 6.66. The predicted molar refractivity (Wildman–Crippen MR) is 111 cm³/mol. The smallest absolute Gasteiger partial charge is 0.248 e. The Labute approximate surface area is 175 Å². The fourth-order valence-corrected chi connectivity index (χ4v) is 3.35. The molecule has 0 bridgehead atoms. The maximum atomic E-state index is 12.7. The third-order valence-electron chi connectivity index (χ3n) is 4.50. The number of nitrogens with zero attached hydrogens (tertiary/aromatic N) is 1. The lowest BCUT2D eigenvalue weighted by Gasteiger charge is -2.36. The first kappa shape index (κ1) is 22.0. The molecule has 2 aromatic carbocycles. The first-order valence-electron chi connectivity index (χ1n) is 8.83. The third-order valence-corrected chi connectivity index (χ3v) is 4.74. The SMILES string of the molecule is Cl.NC(=O)c1cccc(OCCC(=O)N2CCNCC2c2cccc(Cl)c2)c1. The molecule has 0 aromatic heterocycles. The molecule has 1 fully saturated rings. The zero-order valence-electron chi connectivity index (χ0n) is 15.3. The van der Waals surface area contributed by atoms with E-state index in [2.05, 4.69) is 5.32 Å². The van der Waals surface area contributed by atoms with Gasteiger partial charge >= 0.3 is 0 Å². The van der Waals surface area contributed by atoms with Gasteiger partial charge in [0.2, 0.25) is 11.8 Å². The lowest BCUT2D eigenvalue weighted by molar-refractivity contribution is -0.135. The molecule has 1 saturated heterocycles. The van der Waals surface area contributed by atoms with Crippen molar-refractivity contribution in [3.05, 3.63) is 64.7 Å². The molecule has 1 aliphatic heterocycles. The summed E-state index contributed by atoms with van der Waals surface area (Å²) in [6.07, 6.45) is 0.248. The van der Waals surface area contributed by atoms with Crippen molar-refractivity contribution in [3.8, 4) is 5.75 Å². The van der Waals surface area contributed by atoms with Gasteiger partial charge in [0.25, 0.3) is 0 Å². The number of amides is 2. The van der Waals surface area contributed by atoms with Crippen LogP contribution < -0.4 is 15.8 Å². The normalized spacial score (nSPS) is 16.2. The lowest BCUT2D eigenvalue weighted by Crippen LogP contribution is -2.48. The summed E-state index contributed by atoms with van der Waals surface area (Å²) in [7, 11) is 0. The molecule has 6 nitrogen and oxygen atoms in total. The molecule has 0 aliphatic carbocycles. The van der Waals surface area contributed by atoms with Crippen LogP contribution in [0.25, 0.3) is 0 Å². The highest BCUT2D eigenvalue weighted by molar-refractivity contribution is 6.30. The summed E-state index contributed by atoms with van der Waals surface area (Å²) in [4.78, 5) is 25.8. The quantitative estimate of drug-likeness (QED) is 0.747. The minimum atomic E-state index is -0.512. The van der Waals surface area contributed by atoms with E-state index in [0.717, 1.165) is 12.1 Å². The Morgan fingerprint density at radius 2 is 2.00 bits per heavy atom. The average molecular weight is 424 g/mol. The standard InChI is InChI=1S/C20H22ClN3O3.ClH/c21-16-5-1-3-14(11-16)18-13-23-8-9-24(18)19(25)7-10-27-17-6-2-4-15(12-17)20(22)26;/h1-6,11-12,18,23H,7-10,13H2,(H2,22,26);1H. The minimum absolute atomic E-state index is 0. The fourth-order valence-electron chi connectivity index (χ4n) is 3.15. The lowest BCUT2D eigenvalue weighted by atomic mass is 10.0. The van der Waals surface area contributed by atoms with Crippen LogP contribution in [-0.2, 0) is 4.79 Å². The van der Waals surface area contributed by atoms with Gasteiger partial charge in [0, 0.05) is 30.2 Å². The number of piperazine rings is 1. The maximum absolute atomic E-state index is 12.7. The van der Waals surface area contributed by atoms with Crippen molar-refractivity contribution >= 4 is 35.8 Å². The molecule has 0 saturated carbocycles. The van der Waals surface area contributed by atoms with Crippen molar-refractivity contribution in [2.45, 2.75) is 12.5 Å². The Morgan fingerprint density at radius 1 is 1.21 bits per heavy atom. The van der Waals surface area contributed by atoms with Gasteiger partial charge in [0.15, 0.2) is 0 Å². The van der Waals surface area contributed by atoms with Gasteiger partial charge in [0.1, 0.15) is 5.75 Å². The van der Waals surface area contributed by atoms with Crippen LogP contribution in [0.15, 0.2) is 48.5 Å². The largest absolute Gasteiger partial charge is 0.493 e. The van der Waals surface area contributed by atoms with E-state index in [1.807, 2.05) is 29.2 Å². The second-order valence-corrected chi connectivity index (χ2v) is 6.79. The molecular weight excluding hydrogens is 401 g/mol. The summed E-state index contributed by atoms with van der Waals surface area (Å²) < 4.78 is 5.63. The summed E-state index contributed by atoms with van der Waals surface area (Å²) >= 11 is 6.10. The van der Waals surface area contributed by atoms with Crippen LogP contribution in [-0.4, -0.2) is 43.0 Å². The van der Waals surface area contributed by atoms with Crippen molar-refractivity contribution in [1.82, 2.24) is 10.2 Å². The van der Waals surface area contributed by atoms with Crippen LogP contribution in [0.4, 0.5) is 0 Å². The first-order chi connectivity index (χ1) is 13.0. The molecule has 3 rings (SSSR count). The van der Waals surface area contributed by atoms with E-state index in [4.69, 9.17) is 22.1 Å². The van der Waals surface area contributed by atoms with Gasteiger partial charge in [-0.05, 0) is 35.9 Å². The summed E-state index contributed by atoms with van der Waals surface area (Å²) in [5.74, 6) is 0.0278. The van der Waals surface area contributed by atoms with Crippen molar-refractivity contribution in [2.75, 3.05) is 26.2 Å². The average Bonchev–Trinajstić information content (AvgIpc) is 2.68. The van der Waals surface area contributed by atoms with E-state index < -0.39 is 5.91 Å². The van der Waals surface area contributed by atoms with E-state index >= 15 is 0 Å². The molecule has 0 radical (unpaired) electrons. The monoisotopic (exact) mass is 423 g/mol. The van der Waals surface area contributed by atoms with E-state index in [0.29, 0.717) is 29.4 Å². The molecule has 1 aliphatic rings. The van der Waals surface area contributed by atoms with Gasteiger partial charge in [-0.1, -0.05) is 29.8 Å². The van der Waals surface area contributed by atoms with Crippen molar-refractivity contribution in [1.29, 1.82) is 0 Å². The van der Waals surface area contributed by atoms with Crippen molar-refractivity contribution < 1.29 is 14.3 Å². The molecular formula is C20H23Cl2N3O3. The number of nitrogens with two attached hydrogens (primary N) is 1. The highest BCUT2D eigenvalue weighted by atomic mass is 35.5. The summed E-state index contributed by atoms with van der Waals surface area (Å²) in [6, 6.07) is 14.2. The minimum Gasteiger partial charge on any atom is -0.493 e. The highest BCUT2D eigenvalue weighted by Crippen LogP contribution is 2.25. The number of nitrogens with one attached hydrogen (secondary N) is 1. The van der Waals surface area contributed by atoms with E-state index in [1.165, 1.54) is 0 Å². The number of carbonyl (C=O) groups excluding carboxylic acids is 2. The third kappa shape index (κ3) is 5.61. The molecule has 0 spiro atoms. The van der Waals surface area contributed by atoms with Crippen molar-refractivity contribution in [3.63, 3.8) is 0 Å². The van der Waals surface area contributed by atoms with Gasteiger partial charge in [0.05, 0.1) is 19.1 Å².